The second-order valence-corrected chi connectivity index (χ2v) is 8.09. The Morgan fingerprint density at radius 2 is 2.07 bits per heavy atom. The Labute approximate surface area is 169 Å². The van der Waals surface area contributed by atoms with Gasteiger partial charge in [0.25, 0.3) is 0 Å². The molecule has 0 saturated heterocycles. The zero-order chi connectivity index (χ0) is 19.7. The number of hydrogen-bond donors (Lipinski definition) is 1. The molecule has 2 aromatic carbocycles. The zero-order valence-corrected chi connectivity index (χ0v) is 17.4. The Kier molecular flexibility index (Phi) is 5.27. The van der Waals surface area contributed by atoms with Gasteiger partial charge in [0.1, 0.15) is 0 Å². The molecule has 0 fully saturated rings. The van der Waals surface area contributed by atoms with E-state index in [1.165, 1.54) is 22.9 Å². The lowest BCUT2D eigenvalue weighted by molar-refractivity contribution is 0.102. The molecular weight excluding hydrogens is 366 g/mol. The molecule has 0 bridgehead atoms. The lowest BCUT2D eigenvalue weighted by Gasteiger charge is -2.07. The number of hydrogen-bond acceptors (Lipinski definition) is 3. The molecule has 0 amide bonds. The van der Waals surface area contributed by atoms with Crippen molar-refractivity contribution >= 4 is 39.5 Å². The summed E-state index contributed by atoms with van der Waals surface area (Å²) in [4.78, 5) is 21.0. The van der Waals surface area contributed by atoms with Crippen molar-refractivity contribution in [2.75, 3.05) is 5.75 Å². The summed E-state index contributed by atoms with van der Waals surface area (Å²) >= 11 is 1.53. The van der Waals surface area contributed by atoms with Crippen LogP contribution < -0.4 is 0 Å². The summed E-state index contributed by atoms with van der Waals surface area (Å²) in [6, 6.07) is 12.5. The molecule has 2 aromatic heterocycles. The highest BCUT2D eigenvalue weighted by molar-refractivity contribution is 7.99. The zero-order valence-electron chi connectivity index (χ0n) is 16.6. The molecule has 0 aliphatic rings. The number of nitrogens with one attached hydrogen (secondary N) is 1. The van der Waals surface area contributed by atoms with Crippen LogP contribution in [0.15, 0.2) is 47.8 Å². The molecule has 0 unspecified atom stereocenters. The third-order valence-electron chi connectivity index (χ3n) is 5.13. The molecule has 28 heavy (non-hydrogen) atoms. The number of carbonyl (C=O) groups is 1. The molecule has 4 rings (SSSR count). The number of rotatable bonds is 7. The van der Waals surface area contributed by atoms with Gasteiger partial charge in [-0.2, -0.15) is 0 Å². The van der Waals surface area contributed by atoms with Gasteiger partial charge in [-0.3, -0.25) is 4.79 Å². The summed E-state index contributed by atoms with van der Waals surface area (Å²) in [5.41, 5.74) is 6.43. The lowest BCUT2D eigenvalue weighted by atomic mass is 10.1. The molecule has 1 N–H and O–H groups in total. The van der Waals surface area contributed by atoms with Gasteiger partial charge in [0.05, 0.1) is 16.8 Å². The van der Waals surface area contributed by atoms with Crippen LogP contribution in [0, 0.1) is 6.92 Å². The van der Waals surface area contributed by atoms with Crippen molar-refractivity contribution in [3.05, 3.63) is 59.3 Å². The highest BCUT2D eigenvalue weighted by atomic mass is 32.2. The standard InChI is InChI=1S/C23H25N3OS/c1-4-11-26-20-10-9-15(3)12-19(20)25-23(26)28-14-21(27)18-13-24-22-16(5-2)7-6-8-17(18)22/h6-10,12-13,24H,4-5,11,14H2,1-3H3. The smallest absolute Gasteiger partial charge is 0.175 e. The van der Waals surface area contributed by atoms with E-state index >= 15 is 0 Å². The molecule has 0 aliphatic carbocycles. The van der Waals surface area contributed by atoms with Crippen molar-refractivity contribution in [3.8, 4) is 0 Å². The van der Waals surface area contributed by atoms with Crippen LogP contribution in [0.1, 0.15) is 41.8 Å². The van der Waals surface area contributed by atoms with Crippen LogP contribution in [0.3, 0.4) is 0 Å². The van der Waals surface area contributed by atoms with Crippen molar-refractivity contribution in [1.29, 1.82) is 0 Å². The van der Waals surface area contributed by atoms with Crippen LogP contribution in [-0.4, -0.2) is 26.1 Å². The highest BCUT2D eigenvalue weighted by Gasteiger charge is 2.17. The van der Waals surface area contributed by atoms with E-state index in [2.05, 4.69) is 54.6 Å². The Morgan fingerprint density at radius 1 is 1.21 bits per heavy atom. The number of ketones is 1. The second-order valence-electron chi connectivity index (χ2n) is 7.15. The van der Waals surface area contributed by atoms with Gasteiger partial charge in [-0.1, -0.05) is 49.9 Å². The first kappa shape index (κ1) is 18.8. The molecular formula is C23H25N3OS. The van der Waals surface area contributed by atoms with Crippen molar-refractivity contribution in [3.63, 3.8) is 0 Å². The number of aromatic amines is 1. The maximum Gasteiger partial charge on any atom is 0.175 e. The monoisotopic (exact) mass is 391 g/mol. The van der Waals surface area contributed by atoms with Gasteiger partial charge >= 0.3 is 0 Å². The third-order valence-corrected chi connectivity index (χ3v) is 6.11. The van der Waals surface area contributed by atoms with E-state index in [-0.39, 0.29) is 5.78 Å². The Balaban J connectivity index is 1.61. The summed E-state index contributed by atoms with van der Waals surface area (Å²) in [7, 11) is 0. The van der Waals surface area contributed by atoms with Crippen LogP contribution in [0.5, 0.6) is 0 Å². The van der Waals surface area contributed by atoms with Gasteiger partial charge in [0, 0.05) is 29.2 Å². The molecule has 0 aliphatic heterocycles. The third kappa shape index (κ3) is 3.35. The van der Waals surface area contributed by atoms with E-state index in [4.69, 9.17) is 4.98 Å². The number of para-hydroxylation sites is 1. The predicted molar refractivity (Wildman–Crippen MR) is 117 cm³/mol. The average Bonchev–Trinajstić information content (AvgIpc) is 3.27. The van der Waals surface area contributed by atoms with Crippen molar-refractivity contribution in [1.82, 2.24) is 14.5 Å². The van der Waals surface area contributed by atoms with Crippen LogP contribution in [0.4, 0.5) is 0 Å². The fourth-order valence-electron chi connectivity index (χ4n) is 3.72. The van der Waals surface area contributed by atoms with E-state index < -0.39 is 0 Å². The Morgan fingerprint density at radius 3 is 2.86 bits per heavy atom. The molecule has 0 radical (unpaired) electrons. The van der Waals surface area contributed by atoms with Gasteiger partial charge in [-0.25, -0.2) is 4.98 Å². The van der Waals surface area contributed by atoms with E-state index in [1.807, 2.05) is 18.3 Å². The lowest BCUT2D eigenvalue weighted by Crippen LogP contribution is -2.04. The Hall–Kier alpha value is -2.53. The van der Waals surface area contributed by atoms with Crippen molar-refractivity contribution in [2.24, 2.45) is 0 Å². The number of aryl methyl sites for hydroxylation is 3. The molecule has 4 nitrogen and oxygen atoms in total. The van der Waals surface area contributed by atoms with E-state index in [0.29, 0.717) is 5.75 Å². The molecule has 2 heterocycles. The number of imidazole rings is 1. The molecule has 0 atom stereocenters. The first-order valence-electron chi connectivity index (χ1n) is 9.84. The number of benzene rings is 2. The van der Waals surface area contributed by atoms with Crippen molar-refractivity contribution < 1.29 is 4.79 Å². The number of carbonyl (C=O) groups excluding carboxylic acids is 1. The minimum absolute atomic E-state index is 0.135. The maximum absolute atomic E-state index is 13.0. The summed E-state index contributed by atoms with van der Waals surface area (Å²) < 4.78 is 2.23. The molecule has 4 aromatic rings. The van der Waals surface area contributed by atoms with Crippen LogP contribution in [0.25, 0.3) is 21.9 Å². The summed E-state index contributed by atoms with van der Waals surface area (Å²) in [5, 5.41) is 1.94. The number of aromatic nitrogens is 3. The number of H-pyrrole nitrogens is 1. The van der Waals surface area contributed by atoms with Crippen LogP contribution in [0.2, 0.25) is 0 Å². The van der Waals surface area contributed by atoms with Gasteiger partial charge in [-0.15, -0.1) is 0 Å². The van der Waals surface area contributed by atoms with E-state index in [0.717, 1.165) is 52.0 Å². The van der Waals surface area contributed by atoms with Gasteiger partial charge in [0.15, 0.2) is 10.9 Å². The van der Waals surface area contributed by atoms with Crippen molar-refractivity contribution in [2.45, 2.75) is 45.3 Å². The predicted octanol–water partition coefficient (Wildman–Crippen LogP) is 5.77. The average molecular weight is 392 g/mol. The summed E-state index contributed by atoms with van der Waals surface area (Å²) in [6.45, 7) is 7.28. The SMILES string of the molecule is CCCn1c(SCC(=O)c2c[nH]c3c(CC)cccc23)nc2cc(C)ccc21. The van der Waals surface area contributed by atoms with Crippen LogP contribution in [-0.2, 0) is 13.0 Å². The molecule has 144 valence electrons. The quantitative estimate of drug-likeness (QED) is 0.321. The number of thioether (sulfide) groups is 1. The van der Waals surface area contributed by atoms with E-state index in [1.54, 1.807) is 0 Å². The number of Topliss-reactive ketones (excluding diaryl/α,β-unsaturated/α-hetero) is 1. The first-order valence-corrected chi connectivity index (χ1v) is 10.8. The number of fused-ring (bicyclic) bond motifs is 2. The van der Waals surface area contributed by atoms with Crippen LogP contribution >= 0.6 is 11.8 Å². The largest absolute Gasteiger partial charge is 0.360 e. The van der Waals surface area contributed by atoms with E-state index in [9.17, 15) is 4.79 Å². The minimum atomic E-state index is 0.135. The highest BCUT2D eigenvalue weighted by Crippen LogP contribution is 2.28. The normalized spacial score (nSPS) is 11.5. The fraction of sp³-hybridized carbons (Fsp3) is 0.304. The van der Waals surface area contributed by atoms with Gasteiger partial charge in [0.2, 0.25) is 0 Å². The second kappa shape index (κ2) is 7.84. The molecule has 5 heteroatoms. The van der Waals surface area contributed by atoms with Gasteiger partial charge in [-0.05, 0) is 43.0 Å². The van der Waals surface area contributed by atoms with Gasteiger partial charge < -0.3 is 9.55 Å². The molecule has 0 spiro atoms. The summed E-state index contributed by atoms with van der Waals surface area (Å²) in [6.07, 6.45) is 3.83. The first-order chi connectivity index (χ1) is 13.6. The maximum atomic E-state index is 13.0. The molecule has 0 saturated carbocycles. The minimum Gasteiger partial charge on any atom is -0.360 e. The summed E-state index contributed by atoms with van der Waals surface area (Å²) in [5.74, 6) is 0.519. The number of nitrogens with zero attached hydrogens (tertiary/aromatic N) is 2. The topological polar surface area (TPSA) is 50.7 Å². The Bertz CT molecular complexity index is 1160. The fourth-order valence-corrected chi connectivity index (χ4v) is 4.64.